The van der Waals surface area contributed by atoms with E-state index in [2.05, 4.69) is 4.98 Å². The topological polar surface area (TPSA) is 140 Å². The van der Waals surface area contributed by atoms with Crippen molar-refractivity contribution in [2.75, 3.05) is 57.1 Å². The summed E-state index contributed by atoms with van der Waals surface area (Å²) in [5.74, 6) is -0.821. The number of nitrogens with two attached hydrogens (primary N) is 1. The maximum atomic E-state index is 13.3. The summed E-state index contributed by atoms with van der Waals surface area (Å²) >= 11 is 0. The van der Waals surface area contributed by atoms with Gasteiger partial charge in [0.25, 0.3) is 5.56 Å². The summed E-state index contributed by atoms with van der Waals surface area (Å²) in [5.41, 5.74) is 4.84. The van der Waals surface area contributed by atoms with E-state index in [1.165, 1.54) is 16.6 Å². The first-order valence-corrected chi connectivity index (χ1v) is 11.0. The van der Waals surface area contributed by atoms with Gasteiger partial charge in [-0.05, 0) is 19.3 Å². The van der Waals surface area contributed by atoms with Gasteiger partial charge in [0.2, 0.25) is 5.91 Å². The molecule has 0 atom stereocenters. The van der Waals surface area contributed by atoms with Crippen molar-refractivity contribution in [2.45, 2.75) is 47.1 Å². The monoisotopic (exact) mass is 455 g/mol. The number of esters is 1. The molecule has 182 valence electrons. The van der Waals surface area contributed by atoms with Crippen LogP contribution in [-0.4, -0.2) is 72.8 Å². The minimum absolute atomic E-state index is 0.0495. The van der Waals surface area contributed by atoms with Gasteiger partial charge in [0.05, 0.1) is 26.3 Å². The average Bonchev–Trinajstić information content (AvgIpc) is 2.71. The quantitative estimate of drug-likeness (QED) is 0.385. The van der Waals surface area contributed by atoms with E-state index in [-0.39, 0.29) is 43.7 Å². The number of anilines is 2. The average molecular weight is 456 g/mol. The fraction of sp³-hybridized carbons (Fsp3) is 0.714. The molecule has 0 bridgehead atoms. The zero-order chi connectivity index (χ0) is 24.3. The number of rotatable bonds is 14. The molecule has 11 nitrogen and oxygen atoms in total. The van der Waals surface area contributed by atoms with Gasteiger partial charge < -0.3 is 20.1 Å². The number of methoxy groups -OCH3 is 1. The normalized spacial score (nSPS) is 11.2. The molecule has 32 heavy (non-hydrogen) atoms. The van der Waals surface area contributed by atoms with Crippen molar-refractivity contribution in [2.24, 2.45) is 5.92 Å². The number of nitrogen functional groups attached to an aromatic ring is 1. The lowest BCUT2D eigenvalue weighted by Gasteiger charge is -2.28. The third-order valence-corrected chi connectivity index (χ3v) is 4.70. The number of hydrogen-bond acceptors (Lipinski definition) is 8. The second-order valence-electron chi connectivity index (χ2n) is 7.90. The van der Waals surface area contributed by atoms with E-state index < -0.39 is 23.1 Å². The highest BCUT2D eigenvalue weighted by molar-refractivity contribution is 5.97. The second kappa shape index (κ2) is 13.7. The van der Waals surface area contributed by atoms with Crippen LogP contribution in [0.3, 0.4) is 0 Å². The van der Waals surface area contributed by atoms with Gasteiger partial charge in [-0.3, -0.25) is 28.8 Å². The molecule has 1 aromatic rings. The van der Waals surface area contributed by atoms with Crippen molar-refractivity contribution >= 4 is 23.4 Å². The number of ether oxygens (including phenoxy) is 2. The summed E-state index contributed by atoms with van der Waals surface area (Å²) < 4.78 is 11.3. The van der Waals surface area contributed by atoms with Gasteiger partial charge in [-0.25, -0.2) is 4.79 Å². The zero-order valence-electron chi connectivity index (χ0n) is 19.8. The van der Waals surface area contributed by atoms with Crippen molar-refractivity contribution in [1.29, 1.82) is 0 Å². The highest BCUT2D eigenvalue weighted by atomic mass is 16.5. The number of nitrogens with zero attached hydrogens (tertiary/aromatic N) is 3. The number of carbonyl (C=O) groups excluding carboxylic acids is 2. The number of hydrogen-bond donors (Lipinski definition) is 2. The van der Waals surface area contributed by atoms with E-state index in [1.54, 1.807) is 11.8 Å². The van der Waals surface area contributed by atoms with Crippen LogP contribution < -0.4 is 21.9 Å². The van der Waals surface area contributed by atoms with E-state index in [9.17, 15) is 19.2 Å². The summed E-state index contributed by atoms with van der Waals surface area (Å²) in [5, 5.41) is 0. The number of amides is 1. The fourth-order valence-electron chi connectivity index (χ4n) is 3.16. The van der Waals surface area contributed by atoms with Crippen molar-refractivity contribution in [1.82, 2.24) is 14.5 Å². The fourth-order valence-corrected chi connectivity index (χ4v) is 3.16. The largest absolute Gasteiger partial charge is 0.465 e. The number of aromatic nitrogens is 2. The number of H-pyrrole nitrogens is 1. The van der Waals surface area contributed by atoms with Crippen molar-refractivity contribution < 1.29 is 19.1 Å². The first-order chi connectivity index (χ1) is 15.2. The molecule has 3 N–H and O–H groups in total. The molecule has 0 aliphatic carbocycles. The standard InChI is InChI=1S/C21H37N5O6/c1-6-8-9-25(16(27)13-24(10-11-31-5)14-17(28)32-7-2)18-19(22)26(12-15(3)4)21(30)23-20(18)29/h15H,6-14,22H2,1-5H3,(H,23,29,30). The molecule has 1 heterocycles. The number of carbonyl (C=O) groups is 2. The Labute approximate surface area is 188 Å². The van der Waals surface area contributed by atoms with Crippen LogP contribution in [0.5, 0.6) is 0 Å². The molecule has 0 aromatic carbocycles. The van der Waals surface area contributed by atoms with Crippen LogP contribution in [0.1, 0.15) is 40.5 Å². The van der Waals surface area contributed by atoms with Gasteiger partial charge in [0.15, 0.2) is 5.69 Å². The Bertz CT molecular complexity index is 863. The number of unbranched alkanes of at least 4 members (excludes halogenated alkanes) is 1. The highest BCUT2D eigenvalue weighted by Gasteiger charge is 2.26. The Morgan fingerprint density at radius 2 is 1.84 bits per heavy atom. The second-order valence-corrected chi connectivity index (χ2v) is 7.90. The van der Waals surface area contributed by atoms with Crippen LogP contribution in [-0.2, 0) is 25.6 Å². The van der Waals surface area contributed by atoms with E-state index in [0.29, 0.717) is 26.1 Å². The molecular formula is C21H37N5O6. The molecule has 1 aromatic heterocycles. The third-order valence-electron chi connectivity index (χ3n) is 4.70. The molecule has 1 amide bonds. The first kappa shape index (κ1) is 27.4. The van der Waals surface area contributed by atoms with Gasteiger partial charge in [0, 0.05) is 26.7 Å². The summed E-state index contributed by atoms with van der Waals surface area (Å²) in [6, 6.07) is 0. The van der Waals surface area contributed by atoms with Crippen LogP contribution in [0.2, 0.25) is 0 Å². The van der Waals surface area contributed by atoms with Gasteiger partial charge in [-0.1, -0.05) is 27.2 Å². The van der Waals surface area contributed by atoms with E-state index >= 15 is 0 Å². The predicted molar refractivity (Wildman–Crippen MR) is 123 cm³/mol. The lowest BCUT2D eigenvalue weighted by molar-refractivity contribution is -0.144. The molecule has 0 aliphatic heterocycles. The SMILES string of the molecule is CCCCN(C(=O)CN(CCOC)CC(=O)OCC)c1c(N)n(CC(C)C)c(=O)[nH]c1=O. The molecule has 0 saturated heterocycles. The van der Waals surface area contributed by atoms with E-state index in [0.717, 1.165) is 6.42 Å². The lowest BCUT2D eigenvalue weighted by Crippen LogP contribution is -2.47. The van der Waals surface area contributed by atoms with E-state index in [1.807, 2.05) is 20.8 Å². The van der Waals surface area contributed by atoms with Crippen LogP contribution >= 0.6 is 0 Å². The summed E-state index contributed by atoms with van der Waals surface area (Å²) in [7, 11) is 1.52. The maximum absolute atomic E-state index is 13.3. The minimum Gasteiger partial charge on any atom is -0.465 e. The van der Waals surface area contributed by atoms with Crippen molar-refractivity contribution in [3.8, 4) is 0 Å². The smallest absolute Gasteiger partial charge is 0.330 e. The first-order valence-electron chi connectivity index (χ1n) is 11.0. The van der Waals surface area contributed by atoms with Crippen molar-refractivity contribution in [3.05, 3.63) is 20.8 Å². The maximum Gasteiger partial charge on any atom is 0.330 e. The Morgan fingerprint density at radius 3 is 2.41 bits per heavy atom. The third kappa shape index (κ3) is 8.12. The Hall–Kier alpha value is -2.66. The van der Waals surface area contributed by atoms with Crippen LogP contribution in [0, 0.1) is 5.92 Å². The van der Waals surface area contributed by atoms with Crippen LogP contribution in [0.15, 0.2) is 9.59 Å². The Kier molecular flexibility index (Phi) is 11.7. The van der Waals surface area contributed by atoms with Crippen LogP contribution in [0.4, 0.5) is 11.5 Å². The van der Waals surface area contributed by atoms with Gasteiger partial charge >= 0.3 is 11.7 Å². The molecule has 0 saturated carbocycles. The summed E-state index contributed by atoms with van der Waals surface area (Å²) in [4.78, 5) is 55.4. The molecule has 0 radical (unpaired) electrons. The lowest BCUT2D eigenvalue weighted by atomic mass is 10.2. The Balaban J connectivity index is 3.31. The van der Waals surface area contributed by atoms with Crippen LogP contribution in [0.25, 0.3) is 0 Å². The molecular weight excluding hydrogens is 418 g/mol. The summed E-state index contributed by atoms with van der Waals surface area (Å²) in [6.45, 7) is 8.67. The minimum atomic E-state index is -0.717. The zero-order valence-corrected chi connectivity index (χ0v) is 19.8. The number of aromatic amines is 1. The molecule has 0 unspecified atom stereocenters. The molecule has 11 heteroatoms. The molecule has 0 fully saturated rings. The molecule has 0 spiro atoms. The van der Waals surface area contributed by atoms with Gasteiger partial charge in [0.1, 0.15) is 5.82 Å². The number of nitrogens with one attached hydrogen (secondary N) is 1. The Morgan fingerprint density at radius 1 is 1.16 bits per heavy atom. The molecule has 1 rings (SSSR count). The van der Waals surface area contributed by atoms with Crippen molar-refractivity contribution in [3.63, 3.8) is 0 Å². The molecule has 0 aliphatic rings. The predicted octanol–water partition coefficient (Wildman–Crippen LogP) is 0.419. The van der Waals surface area contributed by atoms with E-state index in [4.69, 9.17) is 15.2 Å². The van der Waals surface area contributed by atoms with Gasteiger partial charge in [-0.15, -0.1) is 0 Å². The summed E-state index contributed by atoms with van der Waals surface area (Å²) in [6.07, 6.45) is 1.41. The van der Waals surface area contributed by atoms with Gasteiger partial charge in [-0.2, -0.15) is 0 Å². The highest BCUT2D eigenvalue weighted by Crippen LogP contribution is 2.19.